The van der Waals surface area contributed by atoms with Gasteiger partial charge in [0.05, 0.1) is 36.2 Å². The lowest BCUT2D eigenvalue weighted by Crippen LogP contribution is -2.39. The van der Waals surface area contributed by atoms with Gasteiger partial charge >= 0.3 is 0 Å². The molecule has 1 unspecified atom stereocenters. The van der Waals surface area contributed by atoms with Crippen LogP contribution in [0.3, 0.4) is 0 Å². The summed E-state index contributed by atoms with van der Waals surface area (Å²) in [6, 6.07) is 30.6. The molecule has 1 atom stereocenters. The third kappa shape index (κ3) is 6.07. The van der Waals surface area contributed by atoms with Crippen molar-refractivity contribution in [1.29, 1.82) is 0 Å². The molecule has 0 saturated carbocycles. The number of rotatable bonds is 9. The summed E-state index contributed by atoms with van der Waals surface area (Å²) in [6.45, 7) is 6.53. The predicted octanol–water partition coefficient (Wildman–Crippen LogP) is 6.39. The Balaban J connectivity index is 1.60. The molecule has 0 radical (unpaired) electrons. The molecule has 0 spiro atoms. The summed E-state index contributed by atoms with van der Waals surface area (Å²) >= 11 is 0. The molecule has 0 bridgehead atoms. The molecule has 0 aliphatic carbocycles. The number of para-hydroxylation sites is 1. The first-order chi connectivity index (χ1) is 19.9. The summed E-state index contributed by atoms with van der Waals surface area (Å²) < 4.78 is 6.96. The van der Waals surface area contributed by atoms with E-state index in [2.05, 4.69) is 12.1 Å². The Morgan fingerprint density at radius 3 is 2.29 bits per heavy atom. The number of carbonyl (C=O) groups excluding carboxylic acids is 1. The van der Waals surface area contributed by atoms with Crippen molar-refractivity contribution in [2.24, 2.45) is 0 Å². The average molecular weight is 546 g/mol. The van der Waals surface area contributed by atoms with Crippen LogP contribution in [0.2, 0.25) is 0 Å². The molecule has 5 aromatic rings. The molecule has 0 fully saturated rings. The van der Waals surface area contributed by atoms with Gasteiger partial charge in [-0.15, -0.1) is 0 Å². The summed E-state index contributed by atoms with van der Waals surface area (Å²) in [4.78, 5) is 34.8. The van der Waals surface area contributed by atoms with Crippen LogP contribution in [0, 0.1) is 13.8 Å². The molecule has 0 aliphatic rings. The standard InChI is InChI=1S/C35H35N3O3/c1-24-14-17-29(22-25(24)2)38-34(36-32-13-9-8-12-31(32)35(38)40)26(3)37(21-20-27-10-6-5-7-11-27)33(39)23-28-15-18-30(41-4)19-16-28/h5-19,22,26H,20-21,23H2,1-4H3. The molecule has 1 amide bonds. The Hall–Kier alpha value is -4.71. The van der Waals surface area contributed by atoms with Gasteiger partial charge in [-0.05, 0) is 85.8 Å². The first-order valence-corrected chi connectivity index (χ1v) is 13.9. The second-order valence-corrected chi connectivity index (χ2v) is 10.4. The van der Waals surface area contributed by atoms with Crippen LogP contribution in [0.25, 0.3) is 16.6 Å². The Bertz CT molecular complexity index is 1730. The first-order valence-electron chi connectivity index (χ1n) is 13.9. The molecular formula is C35H35N3O3. The molecular weight excluding hydrogens is 510 g/mol. The van der Waals surface area contributed by atoms with Gasteiger partial charge in [0.1, 0.15) is 11.6 Å². The molecule has 41 heavy (non-hydrogen) atoms. The molecule has 0 N–H and O–H groups in total. The number of carbonyl (C=O) groups is 1. The Morgan fingerprint density at radius 2 is 1.59 bits per heavy atom. The highest BCUT2D eigenvalue weighted by Crippen LogP contribution is 2.25. The predicted molar refractivity (Wildman–Crippen MR) is 164 cm³/mol. The monoisotopic (exact) mass is 545 g/mol. The van der Waals surface area contributed by atoms with Crippen molar-refractivity contribution in [3.63, 3.8) is 0 Å². The molecule has 5 rings (SSSR count). The quantitative estimate of drug-likeness (QED) is 0.215. The number of aryl methyl sites for hydroxylation is 2. The van der Waals surface area contributed by atoms with Crippen LogP contribution < -0.4 is 10.3 Å². The number of aromatic nitrogens is 2. The van der Waals surface area contributed by atoms with Gasteiger partial charge in [0, 0.05) is 6.54 Å². The number of ether oxygens (including phenoxy) is 1. The van der Waals surface area contributed by atoms with Crippen LogP contribution in [0.1, 0.15) is 41.0 Å². The van der Waals surface area contributed by atoms with Crippen LogP contribution in [0.15, 0.2) is 102 Å². The SMILES string of the molecule is COc1ccc(CC(=O)N(CCc2ccccc2)C(C)c2nc3ccccc3c(=O)n2-c2ccc(C)c(C)c2)cc1. The van der Waals surface area contributed by atoms with E-state index in [1.165, 1.54) is 0 Å². The minimum Gasteiger partial charge on any atom is -0.497 e. The number of hydrogen-bond acceptors (Lipinski definition) is 4. The van der Waals surface area contributed by atoms with Gasteiger partial charge < -0.3 is 9.64 Å². The number of methoxy groups -OCH3 is 1. The van der Waals surface area contributed by atoms with Gasteiger partial charge in [-0.25, -0.2) is 4.98 Å². The minimum absolute atomic E-state index is 0.0346. The second-order valence-electron chi connectivity index (χ2n) is 10.4. The van der Waals surface area contributed by atoms with Crippen molar-refractivity contribution in [1.82, 2.24) is 14.5 Å². The summed E-state index contributed by atoms with van der Waals surface area (Å²) in [7, 11) is 1.62. The van der Waals surface area contributed by atoms with E-state index >= 15 is 0 Å². The lowest BCUT2D eigenvalue weighted by molar-refractivity contribution is -0.132. The topological polar surface area (TPSA) is 64.4 Å². The zero-order valence-corrected chi connectivity index (χ0v) is 24.0. The average Bonchev–Trinajstić information content (AvgIpc) is 2.99. The fraction of sp³-hybridized carbons (Fsp3) is 0.229. The largest absolute Gasteiger partial charge is 0.497 e. The van der Waals surface area contributed by atoms with E-state index < -0.39 is 6.04 Å². The fourth-order valence-corrected chi connectivity index (χ4v) is 5.13. The van der Waals surface area contributed by atoms with Gasteiger partial charge in [0.15, 0.2) is 0 Å². The fourth-order valence-electron chi connectivity index (χ4n) is 5.13. The number of amides is 1. The highest BCUT2D eigenvalue weighted by Gasteiger charge is 2.27. The van der Waals surface area contributed by atoms with Crippen molar-refractivity contribution < 1.29 is 9.53 Å². The maximum Gasteiger partial charge on any atom is 0.266 e. The van der Waals surface area contributed by atoms with Gasteiger partial charge in [0.25, 0.3) is 5.56 Å². The molecule has 208 valence electrons. The summed E-state index contributed by atoms with van der Waals surface area (Å²) in [5.74, 6) is 1.24. The van der Waals surface area contributed by atoms with Gasteiger partial charge in [-0.1, -0.05) is 60.7 Å². The third-order valence-electron chi connectivity index (χ3n) is 7.71. The maximum atomic E-state index is 14.0. The number of nitrogens with zero attached hydrogens (tertiary/aromatic N) is 3. The van der Waals surface area contributed by atoms with Crippen LogP contribution in [0.4, 0.5) is 0 Å². The molecule has 0 aliphatic heterocycles. The van der Waals surface area contributed by atoms with Crippen LogP contribution in [-0.2, 0) is 17.6 Å². The number of hydrogen-bond donors (Lipinski definition) is 0. The van der Waals surface area contributed by atoms with Crippen molar-refractivity contribution in [2.45, 2.75) is 39.7 Å². The molecule has 6 heteroatoms. The van der Waals surface area contributed by atoms with E-state index in [0.29, 0.717) is 29.7 Å². The highest BCUT2D eigenvalue weighted by atomic mass is 16.5. The van der Waals surface area contributed by atoms with Crippen molar-refractivity contribution in [3.8, 4) is 11.4 Å². The first kappa shape index (κ1) is 27.8. The summed E-state index contributed by atoms with van der Waals surface area (Å²) in [5.41, 5.74) is 5.47. The number of fused-ring (bicyclic) bond motifs is 1. The van der Waals surface area contributed by atoms with Crippen molar-refractivity contribution >= 4 is 16.8 Å². The van der Waals surface area contributed by atoms with Crippen LogP contribution >= 0.6 is 0 Å². The summed E-state index contributed by atoms with van der Waals surface area (Å²) in [6.07, 6.45) is 0.908. The Kier molecular flexibility index (Phi) is 8.29. The van der Waals surface area contributed by atoms with Crippen molar-refractivity contribution in [2.75, 3.05) is 13.7 Å². The Morgan fingerprint density at radius 1 is 0.878 bits per heavy atom. The molecule has 4 aromatic carbocycles. The smallest absolute Gasteiger partial charge is 0.266 e. The van der Waals surface area contributed by atoms with Gasteiger partial charge in [-0.2, -0.15) is 0 Å². The normalized spacial score (nSPS) is 11.8. The van der Waals surface area contributed by atoms with E-state index in [9.17, 15) is 9.59 Å². The minimum atomic E-state index is -0.469. The molecule has 6 nitrogen and oxygen atoms in total. The lowest BCUT2D eigenvalue weighted by atomic mass is 10.1. The van der Waals surface area contributed by atoms with Gasteiger partial charge in [0.2, 0.25) is 5.91 Å². The van der Waals surface area contributed by atoms with Crippen LogP contribution in [0.5, 0.6) is 5.75 Å². The van der Waals surface area contributed by atoms with E-state index in [4.69, 9.17) is 9.72 Å². The third-order valence-corrected chi connectivity index (χ3v) is 7.71. The van der Waals surface area contributed by atoms with E-state index in [1.54, 1.807) is 17.7 Å². The van der Waals surface area contributed by atoms with E-state index in [0.717, 1.165) is 33.7 Å². The van der Waals surface area contributed by atoms with E-state index in [-0.39, 0.29) is 17.9 Å². The number of benzene rings is 4. The zero-order chi connectivity index (χ0) is 28.9. The molecule has 1 aromatic heterocycles. The van der Waals surface area contributed by atoms with Crippen molar-refractivity contribution in [3.05, 3.63) is 135 Å². The molecule has 0 saturated heterocycles. The highest BCUT2D eigenvalue weighted by molar-refractivity contribution is 5.80. The lowest BCUT2D eigenvalue weighted by Gasteiger charge is -2.31. The van der Waals surface area contributed by atoms with E-state index in [1.807, 2.05) is 105 Å². The zero-order valence-electron chi connectivity index (χ0n) is 24.0. The Labute approximate surface area is 240 Å². The second kappa shape index (κ2) is 12.2. The summed E-state index contributed by atoms with van der Waals surface area (Å²) in [5, 5.41) is 0.544. The van der Waals surface area contributed by atoms with Crippen LogP contribution in [-0.4, -0.2) is 34.0 Å². The molecule has 1 heterocycles. The van der Waals surface area contributed by atoms with Gasteiger partial charge in [-0.3, -0.25) is 14.2 Å². The maximum absolute atomic E-state index is 14.0.